The minimum atomic E-state index is -0.486. The van der Waals surface area contributed by atoms with Crippen molar-refractivity contribution < 1.29 is 14.3 Å². The lowest BCUT2D eigenvalue weighted by atomic mass is 10.1. The van der Waals surface area contributed by atoms with Crippen LogP contribution in [0, 0.1) is 0 Å². The number of ketones is 1. The zero-order valence-corrected chi connectivity index (χ0v) is 9.84. The molecule has 0 aromatic rings. The van der Waals surface area contributed by atoms with Gasteiger partial charge in [0.15, 0.2) is 5.78 Å². The fourth-order valence-electron chi connectivity index (χ4n) is 1.09. The highest BCUT2D eigenvalue weighted by Crippen LogP contribution is 2.05. The largest absolute Gasteiger partial charge is 0.462 e. The van der Waals surface area contributed by atoms with Gasteiger partial charge in [-0.25, -0.2) is 4.79 Å². The standard InChI is InChI=1S/C12H20O3/c1-4-6-7-8-11(10(3)13)12(14)15-9-5-2/h8H,4-7,9H2,1-3H3. The lowest BCUT2D eigenvalue weighted by Crippen LogP contribution is -2.14. The van der Waals surface area contributed by atoms with Gasteiger partial charge in [-0.15, -0.1) is 0 Å². The molecule has 15 heavy (non-hydrogen) atoms. The highest BCUT2D eigenvalue weighted by molar-refractivity contribution is 6.16. The zero-order chi connectivity index (χ0) is 11.7. The molecule has 0 aliphatic rings. The zero-order valence-electron chi connectivity index (χ0n) is 9.84. The Morgan fingerprint density at radius 3 is 2.33 bits per heavy atom. The van der Waals surface area contributed by atoms with E-state index in [2.05, 4.69) is 6.92 Å². The molecular formula is C12H20O3. The van der Waals surface area contributed by atoms with Crippen molar-refractivity contribution in [3.63, 3.8) is 0 Å². The minimum absolute atomic E-state index is 0.192. The molecule has 0 aromatic carbocycles. The fourth-order valence-corrected chi connectivity index (χ4v) is 1.09. The van der Waals surface area contributed by atoms with Crippen LogP contribution in [0.1, 0.15) is 46.5 Å². The molecule has 0 bridgehead atoms. The number of allylic oxidation sites excluding steroid dienone is 1. The number of ether oxygens (including phenoxy) is 1. The van der Waals surface area contributed by atoms with Crippen molar-refractivity contribution in [2.75, 3.05) is 6.61 Å². The number of hydrogen-bond acceptors (Lipinski definition) is 3. The van der Waals surface area contributed by atoms with Crippen molar-refractivity contribution in [2.24, 2.45) is 0 Å². The summed E-state index contributed by atoms with van der Waals surface area (Å²) in [4.78, 5) is 22.6. The molecule has 0 unspecified atom stereocenters. The third-order valence-corrected chi connectivity index (χ3v) is 1.94. The summed E-state index contributed by atoms with van der Waals surface area (Å²) in [5.74, 6) is -0.701. The van der Waals surface area contributed by atoms with Crippen LogP contribution in [-0.2, 0) is 14.3 Å². The third kappa shape index (κ3) is 6.05. The number of carbonyl (C=O) groups is 2. The van der Waals surface area contributed by atoms with Crippen LogP contribution in [0.15, 0.2) is 11.6 Å². The number of rotatable bonds is 7. The summed E-state index contributed by atoms with van der Waals surface area (Å²) >= 11 is 0. The van der Waals surface area contributed by atoms with E-state index >= 15 is 0 Å². The molecule has 0 rings (SSSR count). The molecule has 0 atom stereocenters. The molecule has 0 saturated heterocycles. The maximum Gasteiger partial charge on any atom is 0.341 e. The van der Waals surface area contributed by atoms with E-state index in [-0.39, 0.29) is 11.4 Å². The maximum atomic E-state index is 11.4. The average Bonchev–Trinajstić information content (AvgIpc) is 2.20. The van der Waals surface area contributed by atoms with E-state index in [0.29, 0.717) is 6.61 Å². The molecule has 0 aromatic heterocycles. The number of unbranched alkanes of at least 4 members (excludes halogenated alkanes) is 2. The van der Waals surface area contributed by atoms with Crippen LogP contribution in [0.5, 0.6) is 0 Å². The van der Waals surface area contributed by atoms with Crippen molar-refractivity contribution in [1.29, 1.82) is 0 Å². The van der Waals surface area contributed by atoms with Gasteiger partial charge in [0.1, 0.15) is 0 Å². The van der Waals surface area contributed by atoms with Gasteiger partial charge in [-0.2, -0.15) is 0 Å². The van der Waals surface area contributed by atoms with Crippen LogP contribution in [0.25, 0.3) is 0 Å². The summed E-state index contributed by atoms with van der Waals surface area (Å²) in [6.07, 6.45) is 5.24. The van der Waals surface area contributed by atoms with E-state index in [1.807, 2.05) is 6.92 Å². The summed E-state index contributed by atoms with van der Waals surface area (Å²) in [5, 5.41) is 0. The second-order valence-corrected chi connectivity index (χ2v) is 3.45. The molecule has 0 aliphatic carbocycles. The normalized spacial score (nSPS) is 11.3. The summed E-state index contributed by atoms with van der Waals surface area (Å²) in [6.45, 7) is 5.75. The number of esters is 1. The molecule has 0 amide bonds. The van der Waals surface area contributed by atoms with Crippen molar-refractivity contribution in [3.8, 4) is 0 Å². The summed E-state index contributed by atoms with van der Waals surface area (Å²) in [5.41, 5.74) is 0.192. The summed E-state index contributed by atoms with van der Waals surface area (Å²) < 4.78 is 4.92. The Labute approximate surface area is 91.5 Å². The van der Waals surface area contributed by atoms with Crippen LogP contribution in [-0.4, -0.2) is 18.4 Å². The maximum absolute atomic E-state index is 11.4. The number of hydrogen-bond donors (Lipinski definition) is 0. The molecule has 86 valence electrons. The predicted octanol–water partition coefficient (Wildman–Crippen LogP) is 2.65. The summed E-state index contributed by atoms with van der Waals surface area (Å²) in [7, 11) is 0. The van der Waals surface area contributed by atoms with Crippen molar-refractivity contribution in [3.05, 3.63) is 11.6 Å². The van der Waals surface area contributed by atoms with Gasteiger partial charge >= 0.3 is 5.97 Å². The highest BCUT2D eigenvalue weighted by Gasteiger charge is 2.14. The molecule has 0 spiro atoms. The first-order valence-corrected chi connectivity index (χ1v) is 5.51. The molecule has 0 aliphatic heterocycles. The second-order valence-electron chi connectivity index (χ2n) is 3.45. The minimum Gasteiger partial charge on any atom is -0.462 e. The Morgan fingerprint density at radius 1 is 1.20 bits per heavy atom. The van der Waals surface area contributed by atoms with E-state index < -0.39 is 5.97 Å². The Morgan fingerprint density at radius 2 is 1.87 bits per heavy atom. The number of Topliss-reactive ketones (excluding diaryl/α,β-unsaturated/α-hetero) is 1. The van der Waals surface area contributed by atoms with Gasteiger partial charge in [-0.1, -0.05) is 32.8 Å². The van der Waals surface area contributed by atoms with Crippen LogP contribution < -0.4 is 0 Å². The second kappa shape index (κ2) is 8.21. The fraction of sp³-hybridized carbons (Fsp3) is 0.667. The average molecular weight is 212 g/mol. The predicted molar refractivity (Wildman–Crippen MR) is 59.5 cm³/mol. The van der Waals surface area contributed by atoms with E-state index in [9.17, 15) is 9.59 Å². The molecule has 3 heteroatoms. The van der Waals surface area contributed by atoms with Gasteiger partial charge in [-0.3, -0.25) is 4.79 Å². The Hall–Kier alpha value is -1.12. The monoisotopic (exact) mass is 212 g/mol. The first kappa shape index (κ1) is 13.9. The van der Waals surface area contributed by atoms with Gasteiger partial charge < -0.3 is 4.74 Å². The Balaban J connectivity index is 4.31. The van der Waals surface area contributed by atoms with Gasteiger partial charge in [-0.05, 0) is 19.8 Å². The molecular weight excluding hydrogens is 192 g/mol. The highest BCUT2D eigenvalue weighted by atomic mass is 16.5. The number of carbonyl (C=O) groups excluding carboxylic acids is 2. The Bertz CT molecular complexity index is 241. The van der Waals surface area contributed by atoms with Crippen molar-refractivity contribution in [1.82, 2.24) is 0 Å². The molecule has 0 saturated carbocycles. The van der Waals surface area contributed by atoms with E-state index in [1.165, 1.54) is 6.92 Å². The van der Waals surface area contributed by atoms with Crippen molar-refractivity contribution >= 4 is 11.8 Å². The smallest absolute Gasteiger partial charge is 0.341 e. The third-order valence-electron chi connectivity index (χ3n) is 1.94. The quantitative estimate of drug-likeness (QED) is 0.214. The van der Waals surface area contributed by atoms with Crippen LogP contribution >= 0.6 is 0 Å². The first-order chi connectivity index (χ1) is 7.13. The summed E-state index contributed by atoms with van der Waals surface area (Å²) in [6, 6.07) is 0. The van der Waals surface area contributed by atoms with Crippen molar-refractivity contribution in [2.45, 2.75) is 46.5 Å². The van der Waals surface area contributed by atoms with Crippen LogP contribution in [0.4, 0.5) is 0 Å². The molecule has 0 radical (unpaired) electrons. The van der Waals surface area contributed by atoms with E-state index in [0.717, 1.165) is 25.7 Å². The van der Waals surface area contributed by atoms with E-state index in [1.54, 1.807) is 6.08 Å². The Kier molecular flexibility index (Phi) is 7.60. The van der Waals surface area contributed by atoms with Gasteiger partial charge in [0.25, 0.3) is 0 Å². The van der Waals surface area contributed by atoms with Gasteiger partial charge in [0, 0.05) is 0 Å². The van der Waals surface area contributed by atoms with Crippen LogP contribution in [0.2, 0.25) is 0 Å². The first-order valence-electron chi connectivity index (χ1n) is 5.51. The lowest BCUT2D eigenvalue weighted by molar-refractivity contribution is -0.140. The SMILES string of the molecule is CCCCC=C(C(C)=O)C(=O)OCCC. The lowest BCUT2D eigenvalue weighted by Gasteiger charge is -2.04. The van der Waals surface area contributed by atoms with Gasteiger partial charge in [0.2, 0.25) is 0 Å². The molecule has 0 fully saturated rings. The van der Waals surface area contributed by atoms with Gasteiger partial charge in [0.05, 0.1) is 12.2 Å². The van der Waals surface area contributed by atoms with E-state index in [4.69, 9.17) is 4.74 Å². The molecule has 0 heterocycles. The molecule has 0 N–H and O–H groups in total. The molecule has 3 nitrogen and oxygen atoms in total. The van der Waals surface area contributed by atoms with Crippen LogP contribution in [0.3, 0.4) is 0 Å². The topological polar surface area (TPSA) is 43.4 Å².